The summed E-state index contributed by atoms with van der Waals surface area (Å²) in [5, 5.41) is 0. The molecule has 0 bridgehead atoms. The van der Waals surface area contributed by atoms with Crippen LogP contribution in [0.25, 0.3) is 0 Å². The number of amides is 1. The molecule has 4 rings (SSSR count). The van der Waals surface area contributed by atoms with Crippen molar-refractivity contribution in [3.05, 3.63) is 65.7 Å². The molecule has 1 aliphatic heterocycles. The topological polar surface area (TPSA) is 36.4 Å². The van der Waals surface area contributed by atoms with E-state index in [1.807, 2.05) is 35.5 Å². The van der Waals surface area contributed by atoms with Crippen LogP contribution < -0.4 is 0 Å². The van der Waals surface area contributed by atoms with Gasteiger partial charge >= 0.3 is 0 Å². The first-order valence-electron chi connectivity index (χ1n) is 8.87. The minimum atomic E-state index is -0.190. The lowest BCUT2D eigenvalue weighted by Gasteiger charge is -2.35. The number of carbonyl (C=O) groups is 1. The molecule has 2 atom stereocenters. The molecule has 2 aliphatic rings. The predicted molar refractivity (Wildman–Crippen MR) is 93.3 cm³/mol. The molecule has 2 aromatic rings. The summed E-state index contributed by atoms with van der Waals surface area (Å²) in [5.74, 6) is 0.0222. The number of hydrogen-bond acceptors (Lipinski definition) is 3. The molecule has 2 heterocycles. The molecule has 4 nitrogen and oxygen atoms in total. The van der Waals surface area contributed by atoms with Gasteiger partial charge in [0.05, 0.1) is 0 Å². The fraction of sp³-hybridized carbons (Fsp3) is 0.400. The van der Waals surface area contributed by atoms with Crippen LogP contribution in [0.4, 0.5) is 4.39 Å². The third-order valence-electron chi connectivity index (χ3n) is 5.25. The summed E-state index contributed by atoms with van der Waals surface area (Å²) in [4.78, 5) is 21.1. The lowest BCUT2D eigenvalue weighted by Crippen LogP contribution is -2.48. The molecule has 0 spiro atoms. The van der Waals surface area contributed by atoms with Gasteiger partial charge in [-0.15, -0.1) is 0 Å². The van der Waals surface area contributed by atoms with Crippen LogP contribution in [0.5, 0.6) is 0 Å². The second-order valence-electron chi connectivity index (χ2n) is 6.93. The molecule has 0 N–H and O–H groups in total. The summed E-state index contributed by atoms with van der Waals surface area (Å²) >= 11 is 0. The fourth-order valence-corrected chi connectivity index (χ4v) is 3.69. The Morgan fingerprint density at radius 1 is 1.08 bits per heavy atom. The van der Waals surface area contributed by atoms with Crippen molar-refractivity contribution < 1.29 is 9.18 Å². The lowest BCUT2D eigenvalue weighted by molar-refractivity contribution is -0.134. The molecule has 2 unspecified atom stereocenters. The van der Waals surface area contributed by atoms with Gasteiger partial charge in [0.15, 0.2) is 0 Å². The van der Waals surface area contributed by atoms with Crippen LogP contribution in [-0.4, -0.2) is 46.9 Å². The standard InChI is InChI=1S/C20H22FN3O/c21-19-4-2-1-3-16(19)17-13-18(17)20(25)24-11-9-23(10-12-24)14-15-5-7-22-8-6-15/h1-8,17-18H,9-14H2. The van der Waals surface area contributed by atoms with Gasteiger partial charge in [0.1, 0.15) is 5.82 Å². The largest absolute Gasteiger partial charge is 0.340 e. The highest BCUT2D eigenvalue weighted by Crippen LogP contribution is 2.49. The first-order chi connectivity index (χ1) is 12.2. The number of hydrogen-bond donors (Lipinski definition) is 0. The van der Waals surface area contributed by atoms with E-state index in [9.17, 15) is 9.18 Å². The smallest absolute Gasteiger partial charge is 0.226 e. The van der Waals surface area contributed by atoms with Gasteiger partial charge in [-0.3, -0.25) is 14.7 Å². The predicted octanol–water partition coefficient (Wildman–Crippen LogP) is 2.67. The van der Waals surface area contributed by atoms with Gasteiger partial charge in [-0.1, -0.05) is 18.2 Å². The molecule has 1 saturated heterocycles. The third kappa shape index (κ3) is 3.56. The number of piperazine rings is 1. The fourth-order valence-electron chi connectivity index (χ4n) is 3.69. The van der Waals surface area contributed by atoms with Crippen LogP contribution in [-0.2, 0) is 11.3 Å². The van der Waals surface area contributed by atoms with Crippen LogP contribution >= 0.6 is 0 Å². The Kier molecular flexibility index (Phi) is 4.49. The second kappa shape index (κ2) is 6.92. The van der Waals surface area contributed by atoms with E-state index < -0.39 is 0 Å². The Bertz CT molecular complexity index is 744. The van der Waals surface area contributed by atoms with E-state index in [2.05, 4.69) is 9.88 Å². The van der Waals surface area contributed by atoms with Crippen LogP contribution in [0.2, 0.25) is 0 Å². The zero-order valence-electron chi connectivity index (χ0n) is 14.1. The number of nitrogens with zero attached hydrogens (tertiary/aromatic N) is 3. The highest BCUT2D eigenvalue weighted by atomic mass is 19.1. The van der Waals surface area contributed by atoms with Crippen molar-refractivity contribution in [2.75, 3.05) is 26.2 Å². The van der Waals surface area contributed by atoms with Crippen LogP contribution in [0.15, 0.2) is 48.8 Å². The van der Waals surface area contributed by atoms with Crippen molar-refractivity contribution >= 4 is 5.91 Å². The van der Waals surface area contributed by atoms with Gasteiger partial charge in [0.2, 0.25) is 5.91 Å². The van der Waals surface area contributed by atoms with Crippen LogP contribution in [0.3, 0.4) is 0 Å². The Hall–Kier alpha value is -2.27. The van der Waals surface area contributed by atoms with Crippen molar-refractivity contribution in [3.8, 4) is 0 Å². The Balaban J connectivity index is 1.30. The summed E-state index contributed by atoms with van der Waals surface area (Å²) < 4.78 is 13.9. The molecular formula is C20H22FN3O. The van der Waals surface area contributed by atoms with Crippen LogP contribution in [0, 0.1) is 11.7 Å². The molecule has 5 heteroatoms. The van der Waals surface area contributed by atoms with Gasteiger partial charge in [0, 0.05) is 51.0 Å². The van der Waals surface area contributed by atoms with Crippen molar-refractivity contribution in [1.29, 1.82) is 0 Å². The average Bonchev–Trinajstić information content (AvgIpc) is 3.44. The van der Waals surface area contributed by atoms with Gasteiger partial charge < -0.3 is 4.90 Å². The molecule has 1 aliphatic carbocycles. The Morgan fingerprint density at radius 3 is 2.52 bits per heavy atom. The maximum absolute atomic E-state index is 13.9. The van der Waals surface area contributed by atoms with E-state index in [1.165, 1.54) is 11.6 Å². The first kappa shape index (κ1) is 16.2. The SMILES string of the molecule is O=C(C1CC1c1ccccc1F)N1CCN(Cc2ccncc2)CC1. The molecule has 1 aromatic heterocycles. The molecular weight excluding hydrogens is 317 g/mol. The quantitative estimate of drug-likeness (QED) is 0.859. The minimum absolute atomic E-state index is 0.0383. The Labute approximate surface area is 147 Å². The summed E-state index contributed by atoms with van der Waals surface area (Å²) in [6, 6.07) is 10.9. The van der Waals surface area contributed by atoms with Crippen molar-refractivity contribution in [2.24, 2.45) is 5.92 Å². The minimum Gasteiger partial charge on any atom is -0.340 e. The molecule has 1 amide bonds. The van der Waals surface area contributed by atoms with Crippen LogP contribution in [0.1, 0.15) is 23.5 Å². The normalized spacial score (nSPS) is 23.5. The molecule has 2 fully saturated rings. The van der Waals surface area contributed by atoms with E-state index in [4.69, 9.17) is 0 Å². The molecule has 1 aromatic carbocycles. The van der Waals surface area contributed by atoms with E-state index in [1.54, 1.807) is 12.1 Å². The highest BCUT2D eigenvalue weighted by Gasteiger charge is 2.47. The summed E-state index contributed by atoms with van der Waals surface area (Å²) in [7, 11) is 0. The van der Waals surface area contributed by atoms with Crippen molar-refractivity contribution in [3.63, 3.8) is 0 Å². The summed E-state index contributed by atoms with van der Waals surface area (Å²) in [5.41, 5.74) is 1.94. The number of rotatable bonds is 4. The number of carbonyl (C=O) groups excluding carboxylic acids is 1. The van der Waals surface area contributed by atoms with E-state index in [0.29, 0.717) is 5.56 Å². The maximum Gasteiger partial charge on any atom is 0.226 e. The van der Waals surface area contributed by atoms with Gasteiger partial charge in [-0.25, -0.2) is 4.39 Å². The average molecular weight is 339 g/mol. The monoisotopic (exact) mass is 339 g/mol. The second-order valence-corrected chi connectivity index (χ2v) is 6.93. The Morgan fingerprint density at radius 2 is 1.80 bits per heavy atom. The van der Waals surface area contributed by atoms with Crippen molar-refractivity contribution in [2.45, 2.75) is 18.9 Å². The van der Waals surface area contributed by atoms with E-state index >= 15 is 0 Å². The molecule has 25 heavy (non-hydrogen) atoms. The van der Waals surface area contributed by atoms with Gasteiger partial charge in [-0.2, -0.15) is 0 Å². The highest BCUT2D eigenvalue weighted by molar-refractivity contribution is 5.83. The number of benzene rings is 1. The summed E-state index contributed by atoms with van der Waals surface area (Å²) in [6.07, 6.45) is 4.40. The molecule has 1 saturated carbocycles. The summed E-state index contributed by atoms with van der Waals surface area (Å²) in [6.45, 7) is 4.16. The lowest BCUT2D eigenvalue weighted by atomic mass is 10.1. The number of halogens is 1. The van der Waals surface area contributed by atoms with E-state index in [-0.39, 0.29) is 23.6 Å². The van der Waals surface area contributed by atoms with Gasteiger partial charge in [0.25, 0.3) is 0 Å². The maximum atomic E-state index is 13.9. The third-order valence-corrected chi connectivity index (χ3v) is 5.25. The number of aromatic nitrogens is 1. The molecule has 0 radical (unpaired) electrons. The zero-order chi connectivity index (χ0) is 17.2. The van der Waals surface area contributed by atoms with Crippen molar-refractivity contribution in [1.82, 2.24) is 14.8 Å². The number of pyridine rings is 1. The van der Waals surface area contributed by atoms with E-state index in [0.717, 1.165) is 39.1 Å². The first-order valence-corrected chi connectivity index (χ1v) is 8.87. The van der Waals surface area contributed by atoms with Gasteiger partial charge in [-0.05, 0) is 41.7 Å². The molecule has 130 valence electrons. The zero-order valence-corrected chi connectivity index (χ0v) is 14.1.